The Bertz CT molecular complexity index is 256. The lowest BCUT2D eigenvalue weighted by Crippen LogP contribution is -2.17. The molecule has 2 nitrogen and oxygen atoms in total. The molecule has 2 N–H and O–H groups in total. The Kier molecular flexibility index (Phi) is 5.97. The minimum atomic E-state index is 0.381. The average molecular weight is 194 g/mol. The molecule has 0 fully saturated rings. The van der Waals surface area contributed by atoms with Gasteiger partial charge >= 0.3 is 0 Å². The van der Waals surface area contributed by atoms with Crippen LogP contribution in [0.3, 0.4) is 0 Å². The number of rotatable bonds is 2. The lowest BCUT2D eigenvalue weighted by Gasteiger charge is -2.21. The van der Waals surface area contributed by atoms with E-state index in [4.69, 9.17) is 5.73 Å². The molecule has 0 saturated heterocycles. The smallest absolute Gasteiger partial charge is 0.0362 e. The molecule has 0 amide bonds. The molecule has 1 aromatic rings. The van der Waals surface area contributed by atoms with Crippen molar-refractivity contribution in [2.24, 2.45) is 0 Å². The summed E-state index contributed by atoms with van der Waals surface area (Å²) in [7, 11) is 4.11. The van der Waals surface area contributed by atoms with Gasteiger partial charge in [-0.05, 0) is 32.6 Å². The van der Waals surface area contributed by atoms with Crippen LogP contribution < -0.4 is 5.73 Å². The highest BCUT2D eigenvalue weighted by Crippen LogP contribution is 2.22. The van der Waals surface area contributed by atoms with Gasteiger partial charge in [-0.1, -0.05) is 32.0 Å². The fourth-order valence-electron chi connectivity index (χ4n) is 1.17. The summed E-state index contributed by atoms with van der Waals surface area (Å²) >= 11 is 0. The van der Waals surface area contributed by atoms with E-state index in [-0.39, 0.29) is 0 Å². The van der Waals surface area contributed by atoms with Crippen molar-refractivity contribution in [3.8, 4) is 0 Å². The third-order valence-electron chi connectivity index (χ3n) is 2.22. The molecule has 1 unspecified atom stereocenters. The molecule has 2 heteroatoms. The van der Waals surface area contributed by atoms with Crippen LogP contribution in [0.1, 0.15) is 32.4 Å². The van der Waals surface area contributed by atoms with E-state index in [1.165, 1.54) is 5.56 Å². The largest absolute Gasteiger partial charge is 0.398 e. The number of hydrogen-bond acceptors (Lipinski definition) is 2. The van der Waals surface area contributed by atoms with E-state index < -0.39 is 0 Å². The van der Waals surface area contributed by atoms with Gasteiger partial charge in [0.1, 0.15) is 0 Å². The predicted octanol–water partition coefficient (Wildman–Crippen LogP) is 2.92. The first-order valence-corrected chi connectivity index (χ1v) is 5.13. The van der Waals surface area contributed by atoms with Crippen molar-refractivity contribution in [1.82, 2.24) is 4.90 Å². The summed E-state index contributed by atoms with van der Waals surface area (Å²) in [5.74, 6) is 0. The van der Waals surface area contributed by atoms with Gasteiger partial charge in [0.05, 0.1) is 0 Å². The number of hydrogen-bond donors (Lipinski definition) is 1. The summed E-state index contributed by atoms with van der Waals surface area (Å²) in [4.78, 5) is 2.14. The monoisotopic (exact) mass is 194 g/mol. The highest BCUT2D eigenvalue weighted by Gasteiger charge is 2.09. The number of benzene rings is 1. The molecule has 0 saturated carbocycles. The number of para-hydroxylation sites is 1. The maximum atomic E-state index is 5.83. The van der Waals surface area contributed by atoms with Gasteiger partial charge < -0.3 is 10.6 Å². The van der Waals surface area contributed by atoms with E-state index in [0.717, 1.165) is 5.69 Å². The van der Waals surface area contributed by atoms with Crippen molar-refractivity contribution >= 4 is 5.69 Å². The molecule has 14 heavy (non-hydrogen) atoms. The van der Waals surface area contributed by atoms with Gasteiger partial charge in [-0.25, -0.2) is 0 Å². The second-order valence-electron chi connectivity index (χ2n) is 3.27. The molecule has 0 spiro atoms. The Hall–Kier alpha value is -1.02. The topological polar surface area (TPSA) is 29.3 Å². The molecule has 0 heterocycles. The molecule has 1 rings (SSSR count). The lowest BCUT2D eigenvalue weighted by atomic mass is 10.1. The van der Waals surface area contributed by atoms with Crippen LogP contribution in [0.4, 0.5) is 5.69 Å². The van der Waals surface area contributed by atoms with Crippen LogP contribution in [0.5, 0.6) is 0 Å². The second-order valence-corrected chi connectivity index (χ2v) is 3.27. The van der Waals surface area contributed by atoms with Crippen molar-refractivity contribution in [3.05, 3.63) is 29.8 Å². The molecule has 0 aliphatic heterocycles. The van der Waals surface area contributed by atoms with Crippen LogP contribution in [0.25, 0.3) is 0 Å². The summed E-state index contributed by atoms with van der Waals surface area (Å²) in [5.41, 5.74) is 7.90. The highest BCUT2D eigenvalue weighted by atomic mass is 15.1. The Balaban J connectivity index is 0.000000791. The van der Waals surface area contributed by atoms with Gasteiger partial charge in [-0.3, -0.25) is 0 Å². The summed E-state index contributed by atoms with van der Waals surface area (Å²) in [6, 6.07) is 8.37. The van der Waals surface area contributed by atoms with Crippen LogP contribution in [-0.4, -0.2) is 19.0 Å². The van der Waals surface area contributed by atoms with Crippen molar-refractivity contribution < 1.29 is 0 Å². The zero-order valence-corrected chi connectivity index (χ0v) is 9.91. The van der Waals surface area contributed by atoms with Crippen LogP contribution in [0, 0.1) is 0 Å². The minimum absolute atomic E-state index is 0.381. The number of nitrogens with two attached hydrogens (primary N) is 1. The minimum Gasteiger partial charge on any atom is -0.398 e. The number of anilines is 1. The van der Waals surface area contributed by atoms with Crippen LogP contribution in [-0.2, 0) is 0 Å². The molecule has 1 aromatic carbocycles. The molecule has 0 aromatic heterocycles. The summed E-state index contributed by atoms with van der Waals surface area (Å²) in [6.45, 7) is 6.14. The normalized spacial score (nSPS) is 11.9. The predicted molar refractivity (Wildman–Crippen MR) is 64.3 cm³/mol. The molecular weight excluding hydrogens is 172 g/mol. The van der Waals surface area contributed by atoms with Gasteiger partial charge in [0, 0.05) is 11.7 Å². The standard InChI is InChI=1S/C10H16N2.C2H6/c1-8(12(2)3)9-6-4-5-7-10(9)11;1-2/h4-8H,11H2,1-3H3;1-2H3. The first kappa shape index (κ1) is 13.0. The maximum absolute atomic E-state index is 5.83. The average Bonchev–Trinajstić information content (AvgIpc) is 2.20. The quantitative estimate of drug-likeness (QED) is 0.733. The number of nitrogen functional groups attached to an aromatic ring is 1. The van der Waals surface area contributed by atoms with Crippen LogP contribution in [0.2, 0.25) is 0 Å². The van der Waals surface area contributed by atoms with Gasteiger partial charge in [0.25, 0.3) is 0 Å². The molecular formula is C12H22N2. The summed E-state index contributed by atoms with van der Waals surface area (Å²) in [5, 5.41) is 0. The summed E-state index contributed by atoms with van der Waals surface area (Å²) in [6.07, 6.45) is 0. The van der Waals surface area contributed by atoms with E-state index in [1.54, 1.807) is 0 Å². The third kappa shape index (κ3) is 3.38. The Morgan fingerprint density at radius 1 is 1.14 bits per heavy atom. The van der Waals surface area contributed by atoms with Gasteiger partial charge in [0.2, 0.25) is 0 Å². The fourth-order valence-corrected chi connectivity index (χ4v) is 1.17. The highest BCUT2D eigenvalue weighted by molar-refractivity contribution is 5.47. The van der Waals surface area contributed by atoms with Gasteiger partial charge in [0.15, 0.2) is 0 Å². The number of nitrogens with zero attached hydrogens (tertiary/aromatic N) is 1. The Labute approximate surface area is 87.7 Å². The van der Waals surface area contributed by atoms with E-state index in [9.17, 15) is 0 Å². The van der Waals surface area contributed by atoms with Gasteiger partial charge in [-0.2, -0.15) is 0 Å². The fraction of sp³-hybridized carbons (Fsp3) is 0.500. The zero-order valence-electron chi connectivity index (χ0n) is 9.91. The second kappa shape index (κ2) is 6.44. The first-order chi connectivity index (χ1) is 6.63. The molecule has 1 atom stereocenters. The summed E-state index contributed by atoms with van der Waals surface area (Å²) < 4.78 is 0. The SMILES string of the molecule is CC.CC(c1ccccc1N)N(C)C. The van der Waals surface area contributed by atoms with Crippen molar-refractivity contribution in [1.29, 1.82) is 0 Å². The molecule has 0 aliphatic rings. The van der Waals surface area contributed by atoms with Crippen molar-refractivity contribution in [3.63, 3.8) is 0 Å². The van der Waals surface area contributed by atoms with Crippen molar-refractivity contribution in [2.75, 3.05) is 19.8 Å². The van der Waals surface area contributed by atoms with Crippen LogP contribution >= 0.6 is 0 Å². The third-order valence-corrected chi connectivity index (χ3v) is 2.22. The molecule has 0 radical (unpaired) electrons. The van der Waals surface area contributed by atoms with Crippen molar-refractivity contribution in [2.45, 2.75) is 26.8 Å². The zero-order chi connectivity index (χ0) is 11.1. The van der Waals surface area contributed by atoms with E-state index in [0.29, 0.717) is 6.04 Å². The van der Waals surface area contributed by atoms with E-state index in [1.807, 2.05) is 32.0 Å². The van der Waals surface area contributed by atoms with Gasteiger partial charge in [-0.15, -0.1) is 0 Å². The van der Waals surface area contributed by atoms with E-state index >= 15 is 0 Å². The maximum Gasteiger partial charge on any atom is 0.0362 e. The first-order valence-electron chi connectivity index (χ1n) is 5.13. The molecule has 0 bridgehead atoms. The lowest BCUT2D eigenvalue weighted by molar-refractivity contribution is 0.322. The van der Waals surface area contributed by atoms with E-state index in [2.05, 4.69) is 32.0 Å². The molecule has 80 valence electrons. The Morgan fingerprint density at radius 3 is 2.07 bits per heavy atom. The Morgan fingerprint density at radius 2 is 1.64 bits per heavy atom. The van der Waals surface area contributed by atoms with Crippen LogP contribution in [0.15, 0.2) is 24.3 Å². The molecule has 0 aliphatic carbocycles.